The van der Waals surface area contributed by atoms with E-state index in [4.69, 9.17) is 0 Å². The van der Waals surface area contributed by atoms with E-state index in [1.165, 1.54) is 0 Å². The van der Waals surface area contributed by atoms with Gasteiger partial charge in [-0.2, -0.15) is 0 Å². The Morgan fingerprint density at radius 3 is 2.94 bits per heavy atom. The van der Waals surface area contributed by atoms with E-state index in [9.17, 15) is 9.90 Å². The molecule has 0 aliphatic heterocycles. The van der Waals surface area contributed by atoms with Crippen molar-refractivity contribution >= 4 is 5.97 Å². The summed E-state index contributed by atoms with van der Waals surface area (Å²) in [6.07, 6.45) is 7.00. The Bertz CT molecular complexity index is 399. The van der Waals surface area contributed by atoms with Crippen molar-refractivity contribution in [1.82, 2.24) is 9.55 Å². The zero-order valence-corrected chi connectivity index (χ0v) is 9.81. The van der Waals surface area contributed by atoms with E-state index in [-0.39, 0.29) is 0 Å². The molecule has 1 saturated carbocycles. The lowest BCUT2D eigenvalue weighted by Gasteiger charge is -2.38. The lowest BCUT2D eigenvalue weighted by molar-refractivity contribution is -0.150. The fraction of sp³-hybridized carbons (Fsp3) is 0.667. The SMILES string of the molecule is Cc1nccn1C1(C(=O)O)CCCC(C)C1. The molecule has 0 amide bonds. The zero-order chi connectivity index (χ0) is 11.8. The normalized spacial score (nSPS) is 30.2. The molecule has 0 aromatic carbocycles. The Morgan fingerprint density at radius 2 is 2.44 bits per heavy atom. The molecule has 1 N–H and O–H groups in total. The first-order valence-corrected chi connectivity index (χ1v) is 5.80. The van der Waals surface area contributed by atoms with Crippen molar-refractivity contribution in [3.63, 3.8) is 0 Å². The maximum Gasteiger partial charge on any atom is 0.329 e. The van der Waals surface area contributed by atoms with Gasteiger partial charge in [-0.3, -0.25) is 0 Å². The molecule has 2 unspecified atom stereocenters. The van der Waals surface area contributed by atoms with Crippen molar-refractivity contribution in [1.29, 1.82) is 0 Å². The second-order valence-electron chi connectivity index (χ2n) is 4.88. The lowest BCUT2D eigenvalue weighted by atomic mass is 9.76. The number of carbonyl (C=O) groups is 1. The van der Waals surface area contributed by atoms with Crippen molar-refractivity contribution in [3.8, 4) is 0 Å². The molecule has 4 heteroatoms. The van der Waals surface area contributed by atoms with Crippen molar-refractivity contribution in [2.75, 3.05) is 0 Å². The van der Waals surface area contributed by atoms with Gasteiger partial charge in [-0.05, 0) is 25.7 Å². The Labute approximate surface area is 95.3 Å². The van der Waals surface area contributed by atoms with E-state index in [1.54, 1.807) is 12.4 Å². The topological polar surface area (TPSA) is 55.1 Å². The van der Waals surface area contributed by atoms with Gasteiger partial charge >= 0.3 is 5.97 Å². The number of rotatable bonds is 2. The third-order valence-corrected chi connectivity index (χ3v) is 3.66. The molecule has 0 spiro atoms. The molecule has 2 atom stereocenters. The average molecular weight is 222 g/mol. The highest BCUT2D eigenvalue weighted by atomic mass is 16.4. The predicted octanol–water partition coefficient (Wildman–Crippen LogP) is 2.18. The first kappa shape index (κ1) is 11.2. The second kappa shape index (κ2) is 3.92. The molecule has 1 fully saturated rings. The van der Waals surface area contributed by atoms with Crippen LogP contribution in [0.2, 0.25) is 0 Å². The number of carboxylic acids is 1. The molecule has 4 nitrogen and oxygen atoms in total. The Hall–Kier alpha value is -1.32. The zero-order valence-electron chi connectivity index (χ0n) is 9.81. The monoisotopic (exact) mass is 222 g/mol. The van der Waals surface area contributed by atoms with Gasteiger partial charge in [-0.1, -0.05) is 19.8 Å². The standard InChI is InChI=1S/C12H18N2O2/c1-9-4-3-5-12(8-9,11(15)16)14-7-6-13-10(14)2/h6-7,9H,3-5,8H2,1-2H3,(H,15,16). The number of hydrogen-bond donors (Lipinski definition) is 1. The predicted molar refractivity (Wildman–Crippen MR) is 60.2 cm³/mol. The van der Waals surface area contributed by atoms with Gasteiger partial charge in [0.1, 0.15) is 11.4 Å². The van der Waals surface area contributed by atoms with E-state index in [2.05, 4.69) is 11.9 Å². The molecule has 0 bridgehead atoms. The number of carboxylic acid groups (broad SMARTS) is 1. The number of hydrogen-bond acceptors (Lipinski definition) is 2. The molecule has 16 heavy (non-hydrogen) atoms. The minimum Gasteiger partial charge on any atom is -0.479 e. The highest BCUT2D eigenvalue weighted by Crippen LogP contribution is 2.38. The summed E-state index contributed by atoms with van der Waals surface area (Å²) in [5.41, 5.74) is -0.766. The van der Waals surface area contributed by atoms with Gasteiger partial charge in [0.25, 0.3) is 0 Å². The highest BCUT2D eigenvalue weighted by molar-refractivity contribution is 5.77. The van der Waals surface area contributed by atoms with E-state index in [1.807, 2.05) is 11.5 Å². The highest BCUT2D eigenvalue weighted by Gasteiger charge is 2.44. The summed E-state index contributed by atoms with van der Waals surface area (Å²) >= 11 is 0. The van der Waals surface area contributed by atoms with Crippen LogP contribution in [0, 0.1) is 12.8 Å². The molecule has 0 saturated heterocycles. The van der Waals surface area contributed by atoms with Crippen LogP contribution in [0.25, 0.3) is 0 Å². The molecule has 1 aromatic heterocycles. The average Bonchev–Trinajstić information content (AvgIpc) is 2.64. The van der Waals surface area contributed by atoms with Gasteiger partial charge in [0.15, 0.2) is 0 Å². The van der Waals surface area contributed by atoms with E-state index in [0.29, 0.717) is 18.8 Å². The first-order chi connectivity index (χ1) is 7.56. The molecule has 0 radical (unpaired) electrons. The summed E-state index contributed by atoms with van der Waals surface area (Å²) < 4.78 is 1.84. The van der Waals surface area contributed by atoms with Gasteiger partial charge in [0.2, 0.25) is 0 Å². The molecular weight excluding hydrogens is 204 g/mol. The van der Waals surface area contributed by atoms with Crippen molar-refractivity contribution < 1.29 is 9.90 Å². The van der Waals surface area contributed by atoms with Gasteiger partial charge in [-0.15, -0.1) is 0 Å². The summed E-state index contributed by atoms with van der Waals surface area (Å²) in [7, 11) is 0. The minimum absolute atomic E-state index is 0.464. The molecular formula is C12H18N2O2. The van der Waals surface area contributed by atoms with Crippen LogP contribution < -0.4 is 0 Å². The van der Waals surface area contributed by atoms with Crippen molar-refractivity contribution in [2.24, 2.45) is 5.92 Å². The van der Waals surface area contributed by atoms with E-state index < -0.39 is 11.5 Å². The molecule has 1 aliphatic rings. The van der Waals surface area contributed by atoms with E-state index >= 15 is 0 Å². The largest absolute Gasteiger partial charge is 0.479 e. The fourth-order valence-electron chi connectivity index (χ4n) is 2.87. The molecule has 1 heterocycles. The Kier molecular flexibility index (Phi) is 2.74. The first-order valence-electron chi connectivity index (χ1n) is 5.80. The smallest absolute Gasteiger partial charge is 0.329 e. The quantitative estimate of drug-likeness (QED) is 0.834. The molecule has 1 aromatic rings. The van der Waals surface area contributed by atoms with Crippen LogP contribution in [0.4, 0.5) is 0 Å². The summed E-state index contributed by atoms with van der Waals surface area (Å²) in [5.74, 6) is 0.531. The summed E-state index contributed by atoms with van der Waals surface area (Å²) in [6.45, 7) is 3.99. The van der Waals surface area contributed by atoms with Crippen molar-refractivity contribution in [2.45, 2.75) is 45.1 Å². The maximum atomic E-state index is 11.6. The van der Waals surface area contributed by atoms with Gasteiger partial charge in [0, 0.05) is 12.4 Å². The summed E-state index contributed by atoms with van der Waals surface area (Å²) in [6, 6.07) is 0. The lowest BCUT2D eigenvalue weighted by Crippen LogP contribution is -2.45. The van der Waals surface area contributed by atoms with Crippen molar-refractivity contribution in [3.05, 3.63) is 18.2 Å². The van der Waals surface area contributed by atoms with Crippen LogP contribution in [-0.2, 0) is 10.3 Å². The third-order valence-electron chi connectivity index (χ3n) is 3.66. The number of aliphatic carboxylic acids is 1. The van der Waals surface area contributed by atoms with Gasteiger partial charge < -0.3 is 9.67 Å². The van der Waals surface area contributed by atoms with E-state index in [0.717, 1.165) is 18.7 Å². The maximum absolute atomic E-state index is 11.6. The fourth-order valence-corrected chi connectivity index (χ4v) is 2.87. The minimum atomic E-state index is -0.766. The Morgan fingerprint density at radius 1 is 1.69 bits per heavy atom. The van der Waals surface area contributed by atoms with Gasteiger partial charge in [0.05, 0.1) is 0 Å². The molecule has 88 valence electrons. The second-order valence-corrected chi connectivity index (χ2v) is 4.88. The van der Waals surface area contributed by atoms with Crippen LogP contribution in [0.15, 0.2) is 12.4 Å². The van der Waals surface area contributed by atoms with Crippen LogP contribution in [0.5, 0.6) is 0 Å². The number of aryl methyl sites for hydroxylation is 1. The number of aromatic nitrogens is 2. The molecule has 1 aliphatic carbocycles. The van der Waals surface area contributed by atoms with Crippen LogP contribution in [-0.4, -0.2) is 20.6 Å². The summed E-state index contributed by atoms with van der Waals surface area (Å²) in [5, 5.41) is 9.55. The van der Waals surface area contributed by atoms with Crippen LogP contribution >= 0.6 is 0 Å². The van der Waals surface area contributed by atoms with Crippen LogP contribution in [0.1, 0.15) is 38.4 Å². The summed E-state index contributed by atoms with van der Waals surface area (Å²) in [4.78, 5) is 15.8. The number of imidazole rings is 1. The van der Waals surface area contributed by atoms with Crippen LogP contribution in [0.3, 0.4) is 0 Å². The molecule has 2 rings (SSSR count). The van der Waals surface area contributed by atoms with Gasteiger partial charge in [-0.25, -0.2) is 9.78 Å². The third kappa shape index (κ3) is 1.62. The number of nitrogens with zero attached hydrogens (tertiary/aromatic N) is 2. The Balaban J connectivity index is 2.43.